The predicted octanol–water partition coefficient (Wildman–Crippen LogP) is 2.91. The van der Waals surface area contributed by atoms with Gasteiger partial charge < -0.3 is 9.64 Å². The second kappa shape index (κ2) is 5.80. The van der Waals surface area contributed by atoms with Crippen molar-refractivity contribution in [2.24, 2.45) is 0 Å². The van der Waals surface area contributed by atoms with E-state index in [4.69, 9.17) is 16.3 Å². The lowest BCUT2D eigenvalue weighted by Crippen LogP contribution is -2.24. The van der Waals surface area contributed by atoms with Crippen LogP contribution in [0, 0.1) is 5.82 Å². The molecule has 0 saturated carbocycles. The smallest absolute Gasteiger partial charge is 0.141 e. The van der Waals surface area contributed by atoms with Crippen molar-refractivity contribution in [2.75, 3.05) is 33.4 Å². The SMILES string of the molecule is COCCN1CC[C@H](c2ccc(F)c(Cl)c2)C1. The third-order valence-corrected chi connectivity index (χ3v) is 3.59. The number of likely N-dealkylation sites (tertiary alicyclic amines) is 1. The number of benzene rings is 1. The average Bonchev–Trinajstić information content (AvgIpc) is 2.79. The number of ether oxygens (including phenoxy) is 1. The summed E-state index contributed by atoms with van der Waals surface area (Å²) < 4.78 is 18.1. The van der Waals surface area contributed by atoms with E-state index in [0.29, 0.717) is 5.92 Å². The van der Waals surface area contributed by atoms with Gasteiger partial charge in [-0.2, -0.15) is 0 Å². The molecule has 0 spiro atoms. The van der Waals surface area contributed by atoms with E-state index < -0.39 is 0 Å². The van der Waals surface area contributed by atoms with Crippen molar-refractivity contribution in [1.82, 2.24) is 4.90 Å². The summed E-state index contributed by atoms with van der Waals surface area (Å²) in [6.07, 6.45) is 1.10. The normalized spacial score (nSPS) is 21.0. The van der Waals surface area contributed by atoms with E-state index in [1.54, 1.807) is 13.2 Å². The van der Waals surface area contributed by atoms with Crippen LogP contribution in [-0.2, 0) is 4.74 Å². The second-order valence-electron chi connectivity index (χ2n) is 4.45. The monoisotopic (exact) mass is 257 g/mol. The standard InChI is InChI=1S/C13H17ClFNO/c1-17-7-6-16-5-4-11(9-16)10-2-3-13(15)12(14)8-10/h2-3,8,11H,4-7,9H2,1H3/t11-/m0/s1. The highest BCUT2D eigenvalue weighted by atomic mass is 35.5. The second-order valence-corrected chi connectivity index (χ2v) is 4.86. The lowest BCUT2D eigenvalue weighted by molar-refractivity contribution is 0.160. The van der Waals surface area contributed by atoms with Gasteiger partial charge in [0.05, 0.1) is 11.6 Å². The number of hydrogen-bond donors (Lipinski definition) is 0. The van der Waals surface area contributed by atoms with Gasteiger partial charge in [-0.05, 0) is 36.6 Å². The van der Waals surface area contributed by atoms with Gasteiger partial charge >= 0.3 is 0 Å². The van der Waals surface area contributed by atoms with Crippen LogP contribution in [-0.4, -0.2) is 38.3 Å². The van der Waals surface area contributed by atoms with Gasteiger partial charge in [0.15, 0.2) is 0 Å². The van der Waals surface area contributed by atoms with E-state index in [1.807, 2.05) is 6.07 Å². The van der Waals surface area contributed by atoms with Crippen LogP contribution >= 0.6 is 11.6 Å². The number of nitrogens with zero attached hydrogens (tertiary/aromatic N) is 1. The molecule has 1 fully saturated rings. The van der Waals surface area contributed by atoms with Crippen LogP contribution in [0.3, 0.4) is 0 Å². The zero-order valence-electron chi connectivity index (χ0n) is 9.96. The number of halogens is 2. The van der Waals surface area contributed by atoms with Crippen molar-refractivity contribution < 1.29 is 9.13 Å². The van der Waals surface area contributed by atoms with E-state index in [0.717, 1.165) is 38.2 Å². The van der Waals surface area contributed by atoms with E-state index in [9.17, 15) is 4.39 Å². The summed E-state index contributed by atoms with van der Waals surface area (Å²) in [5.74, 6) is 0.120. The fraction of sp³-hybridized carbons (Fsp3) is 0.538. The Morgan fingerprint density at radius 1 is 1.53 bits per heavy atom. The Balaban J connectivity index is 1.97. The molecule has 1 saturated heterocycles. The average molecular weight is 258 g/mol. The summed E-state index contributed by atoms with van der Waals surface area (Å²) >= 11 is 5.80. The highest BCUT2D eigenvalue weighted by Gasteiger charge is 2.23. The molecule has 1 aliphatic heterocycles. The summed E-state index contributed by atoms with van der Waals surface area (Å²) in [7, 11) is 1.72. The lowest BCUT2D eigenvalue weighted by atomic mass is 9.98. The summed E-state index contributed by atoms with van der Waals surface area (Å²) in [5, 5.41) is 0.220. The molecule has 1 aromatic carbocycles. The molecule has 0 aliphatic carbocycles. The maximum atomic E-state index is 13.1. The van der Waals surface area contributed by atoms with Crippen LogP contribution in [0.1, 0.15) is 17.9 Å². The fourth-order valence-corrected chi connectivity index (χ4v) is 2.48. The molecule has 0 bridgehead atoms. The zero-order valence-corrected chi connectivity index (χ0v) is 10.7. The summed E-state index contributed by atoms with van der Waals surface area (Å²) in [4.78, 5) is 2.37. The van der Waals surface area contributed by atoms with Crippen LogP contribution < -0.4 is 0 Å². The molecule has 2 nitrogen and oxygen atoms in total. The summed E-state index contributed by atoms with van der Waals surface area (Å²) in [5.41, 5.74) is 1.14. The largest absolute Gasteiger partial charge is 0.383 e. The third kappa shape index (κ3) is 3.18. The van der Waals surface area contributed by atoms with Crippen molar-refractivity contribution in [3.8, 4) is 0 Å². The van der Waals surface area contributed by atoms with Crippen molar-refractivity contribution >= 4 is 11.6 Å². The van der Waals surface area contributed by atoms with E-state index in [-0.39, 0.29) is 10.8 Å². The van der Waals surface area contributed by atoms with E-state index in [1.165, 1.54) is 6.07 Å². The minimum atomic E-state index is -0.343. The minimum absolute atomic E-state index is 0.220. The number of hydrogen-bond acceptors (Lipinski definition) is 2. The Hall–Kier alpha value is -0.640. The molecular weight excluding hydrogens is 241 g/mol. The van der Waals surface area contributed by atoms with Crippen molar-refractivity contribution in [2.45, 2.75) is 12.3 Å². The predicted molar refractivity (Wildman–Crippen MR) is 67.1 cm³/mol. The first kappa shape index (κ1) is 12.8. The highest BCUT2D eigenvalue weighted by molar-refractivity contribution is 6.30. The Kier molecular flexibility index (Phi) is 4.37. The first-order valence-corrected chi connectivity index (χ1v) is 6.24. The van der Waals surface area contributed by atoms with Crippen LogP contribution in [0.5, 0.6) is 0 Å². The maximum absolute atomic E-state index is 13.1. The van der Waals surface area contributed by atoms with Gasteiger partial charge in [-0.15, -0.1) is 0 Å². The van der Waals surface area contributed by atoms with Crippen molar-refractivity contribution in [3.05, 3.63) is 34.6 Å². The molecule has 1 aromatic rings. The van der Waals surface area contributed by atoms with Gasteiger partial charge in [0.1, 0.15) is 5.82 Å². The first-order valence-electron chi connectivity index (χ1n) is 5.87. The molecule has 0 radical (unpaired) electrons. The van der Waals surface area contributed by atoms with Crippen LogP contribution in [0.2, 0.25) is 5.02 Å². The molecule has 1 heterocycles. The van der Waals surface area contributed by atoms with Gasteiger partial charge in [0.25, 0.3) is 0 Å². The molecule has 0 aromatic heterocycles. The highest BCUT2D eigenvalue weighted by Crippen LogP contribution is 2.29. The minimum Gasteiger partial charge on any atom is -0.383 e. The first-order chi connectivity index (χ1) is 8.20. The molecule has 2 rings (SSSR count). The molecule has 0 amide bonds. The molecular formula is C13H17ClFNO. The molecule has 1 atom stereocenters. The van der Waals surface area contributed by atoms with Crippen molar-refractivity contribution in [1.29, 1.82) is 0 Å². The topological polar surface area (TPSA) is 12.5 Å². The molecule has 17 heavy (non-hydrogen) atoms. The Morgan fingerprint density at radius 2 is 2.35 bits per heavy atom. The maximum Gasteiger partial charge on any atom is 0.141 e. The molecule has 0 unspecified atom stereocenters. The van der Waals surface area contributed by atoms with E-state index in [2.05, 4.69) is 4.90 Å². The van der Waals surface area contributed by atoms with Gasteiger partial charge in [-0.25, -0.2) is 4.39 Å². The van der Waals surface area contributed by atoms with Gasteiger partial charge in [-0.3, -0.25) is 0 Å². The van der Waals surface area contributed by atoms with Crippen LogP contribution in [0.15, 0.2) is 18.2 Å². The molecule has 94 valence electrons. The van der Waals surface area contributed by atoms with Crippen molar-refractivity contribution in [3.63, 3.8) is 0 Å². The zero-order chi connectivity index (χ0) is 12.3. The van der Waals surface area contributed by atoms with Crippen LogP contribution in [0.4, 0.5) is 4.39 Å². The number of rotatable bonds is 4. The number of methoxy groups -OCH3 is 1. The summed E-state index contributed by atoms with van der Waals surface area (Å²) in [6.45, 7) is 3.80. The Morgan fingerprint density at radius 3 is 3.06 bits per heavy atom. The Bertz CT molecular complexity index is 386. The van der Waals surface area contributed by atoms with Crippen LogP contribution in [0.25, 0.3) is 0 Å². The van der Waals surface area contributed by atoms with Gasteiger partial charge in [-0.1, -0.05) is 17.7 Å². The molecule has 1 aliphatic rings. The van der Waals surface area contributed by atoms with Gasteiger partial charge in [0, 0.05) is 20.2 Å². The molecule has 0 N–H and O–H groups in total. The summed E-state index contributed by atoms with van der Waals surface area (Å²) in [6, 6.07) is 5.04. The Labute approximate surface area is 106 Å². The molecule has 4 heteroatoms. The van der Waals surface area contributed by atoms with E-state index >= 15 is 0 Å². The third-order valence-electron chi connectivity index (χ3n) is 3.30. The lowest BCUT2D eigenvalue weighted by Gasteiger charge is -2.15. The quantitative estimate of drug-likeness (QED) is 0.822. The van der Waals surface area contributed by atoms with Gasteiger partial charge in [0.2, 0.25) is 0 Å². The fourth-order valence-electron chi connectivity index (χ4n) is 2.29.